The van der Waals surface area contributed by atoms with Crippen molar-refractivity contribution in [2.75, 3.05) is 11.6 Å². The fourth-order valence-electron chi connectivity index (χ4n) is 3.24. The molecule has 0 heterocycles. The van der Waals surface area contributed by atoms with E-state index in [0.717, 1.165) is 30.2 Å². The molecule has 0 saturated heterocycles. The lowest BCUT2D eigenvalue weighted by Gasteiger charge is -2.16. The molecule has 0 bridgehead atoms. The fraction of sp³-hybridized carbons (Fsp3) is 0.350. The first-order valence-corrected chi connectivity index (χ1v) is 10.4. The highest BCUT2D eigenvalue weighted by molar-refractivity contribution is 7.90. The van der Waals surface area contributed by atoms with Crippen molar-refractivity contribution in [3.05, 3.63) is 58.7 Å². The number of carbonyl (C=O) groups is 1. The van der Waals surface area contributed by atoms with Crippen molar-refractivity contribution in [1.29, 1.82) is 0 Å². The molecule has 0 spiro atoms. The van der Waals surface area contributed by atoms with Crippen LogP contribution in [-0.2, 0) is 33.9 Å². The molecule has 3 rings (SSSR count). The molecular weight excluding hydrogens is 334 g/mol. The van der Waals surface area contributed by atoms with Crippen molar-refractivity contribution < 1.29 is 13.2 Å². The quantitative estimate of drug-likeness (QED) is 0.911. The zero-order chi connectivity index (χ0) is 18.0. The number of aryl methyl sites for hydroxylation is 3. The highest BCUT2D eigenvalue weighted by Gasteiger charge is 2.13. The minimum Gasteiger partial charge on any atom is -0.326 e. The molecule has 0 aliphatic heterocycles. The van der Waals surface area contributed by atoms with Gasteiger partial charge in [0, 0.05) is 11.9 Å². The molecule has 0 aromatic heterocycles. The van der Waals surface area contributed by atoms with Gasteiger partial charge in [-0.1, -0.05) is 24.3 Å². The fourth-order valence-corrected chi connectivity index (χ4v) is 3.89. The van der Waals surface area contributed by atoms with E-state index in [1.54, 1.807) is 12.1 Å². The van der Waals surface area contributed by atoms with Crippen LogP contribution < -0.4 is 5.32 Å². The smallest absolute Gasteiger partial charge is 0.228 e. The van der Waals surface area contributed by atoms with E-state index >= 15 is 0 Å². The summed E-state index contributed by atoms with van der Waals surface area (Å²) in [6.07, 6.45) is 6.11. The number of hydrogen-bond acceptors (Lipinski definition) is 3. The summed E-state index contributed by atoms with van der Waals surface area (Å²) in [5.74, 6) is -0.135. The lowest BCUT2D eigenvalue weighted by atomic mass is 9.90. The number of fused-ring (bicyclic) bond motifs is 1. The van der Waals surface area contributed by atoms with Gasteiger partial charge in [-0.25, -0.2) is 8.42 Å². The first kappa shape index (κ1) is 17.7. The maximum absolute atomic E-state index is 12.4. The van der Waals surface area contributed by atoms with E-state index in [-0.39, 0.29) is 17.2 Å². The van der Waals surface area contributed by atoms with Gasteiger partial charge in [-0.05, 0) is 67.0 Å². The van der Waals surface area contributed by atoms with Crippen LogP contribution in [0.4, 0.5) is 5.69 Å². The van der Waals surface area contributed by atoms with Gasteiger partial charge in [-0.3, -0.25) is 4.79 Å². The molecule has 0 saturated carbocycles. The number of hydrogen-bond donors (Lipinski definition) is 1. The second-order valence-electron chi connectivity index (χ2n) is 6.78. The van der Waals surface area contributed by atoms with Crippen molar-refractivity contribution in [1.82, 2.24) is 0 Å². The summed E-state index contributed by atoms with van der Waals surface area (Å²) in [6.45, 7) is 1.85. The van der Waals surface area contributed by atoms with Gasteiger partial charge < -0.3 is 5.32 Å². The van der Waals surface area contributed by atoms with E-state index in [4.69, 9.17) is 0 Å². The van der Waals surface area contributed by atoms with Crippen LogP contribution in [0.25, 0.3) is 0 Å². The van der Waals surface area contributed by atoms with Crippen LogP contribution in [-0.4, -0.2) is 20.6 Å². The minimum absolute atomic E-state index is 0.135. The molecule has 2 aromatic rings. The van der Waals surface area contributed by atoms with Crippen molar-refractivity contribution in [3.63, 3.8) is 0 Å². The van der Waals surface area contributed by atoms with E-state index in [1.165, 1.54) is 30.0 Å². The number of carbonyl (C=O) groups excluding carboxylic acids is 1. The second kappa shape index (κ2) is 7.00. The number of anilines is 1. The number of amides is 1. The predicted octanol–water partition coefficient (Wildman–Crippen LogP) is 3.46. The standard InChI is InChI=1S/C20H23NO3S/c1-14-7-10-18(25(2,23)24)13-19(14)21-20(22)12-15-8-9-16-5-3-4-6-17(16)11-15/h7-11,13H,3-6,12H2,1-2H3,(H,21,22). The maximum Gasteiger partial charge on any atom is 0.228 e. The number of nitrogens with one attached hydrogen (secondary N) is 1. The summed E-state index contributed by atoms with van der Waals surface area (Å²) in [5, 5.41) is 2.85. The highest BCUT2D eigenvalue weighted by atomic mass is 32.2. The summed E-state index contributed by atoms with van der Waals surface area (Å²) in [6, 6.07) is 11.1. The van der Waals surface area contributed by atoms with Crippen LogP contribution >= 0.6 is 0 Å². The summed E-state index contributed by atoms with van der Waals surface area (Å²) < 4.78 is 23.4. The Balaban J connectivity index is 1.75. The SMILES string of the molecule is Cc1ccc(S(C)(=O)=O)cc1NC(=O)Cc1ccc2c(c1)CCCC2. The topological polar surface area (TPSA) is 63.2 Å². The Bertz CT molecular complexity index is 917. The zero-order valence-electron chi connectivity index (χ0n) is 14.6. The van der Waals surface area contributed by atoms with E-state index in [9.17, 15) is 13.2 Å². The minimum atomic E-state index is -3.30. The summed E-state index contributed by atoms with van der Waals surface area (Å²) >= 11 is 0. The molecule has 132 valence electrons. The largest absolute Gasteiger partial charge is 0.326 e. The Hall–Kier alpha value is -2.14. The predicted molar refractivity (Wildman–Crippen MR) is 99.7 cm³/mol. The van der Waals surface area contributed by atoms with Crippen molar-refractivity contribution >= 4 is 21.4 Å². The Morgan fingerprint density at radius 2 is 1.76 bits per heavy atom. The van der Waals surface area contributed by atoms with Gasteiger partial charge >= 0.3 is 0 Å². The third-order valence-corrected chi connectivity index (χ3v) is 5.80. The lowest BCUT2D eigenvalue weighted by molar-refractivity contribution is -0.115. The van der Waals surface area contributed by atoms with Crippen LogP contribution in [0.1, 0.15) is 35.1 Å². The molecule has 1 amide bonds. The Morgan fingerprint density at radius 3 is 2.48 bits per heavy atom. The molecule has 1 N–H and O–H groups in total. The lowest BCUT2D eigenvalue weighted by Crippen LogP contribution is -2.16. The summed E-state index contributed by atoms with van der Waals surface area (Å²) in [4.78, 5) is 12.6. The van der Waals surface area contributed by atoms with E-state index in [0.29, 0.717) is 5.69 Å². The second-order valence-corrected chi connectivity index (χ2v) is 8.80. The third kappa shape index (κ3) is 4.28. The maximum atomic E-state index is 12.4. The van der Waals surface area contributed by atoms with Crippen LogP contribution in [0.2, 0.25) is 0 Å². The van der Waals surface area contributed by atoms with Crippen LogP contribution in [0.5, 0.6) is 0 Å². The Morgan fingerprint density at radius 1 is 1.04 bits per heavy atom. The van der Waals surface area contributed by atoms with Gasteiger partial charge in [0.2, 0.25) is 5.91 Å². The summed E-state index contributed by atoms with van der Waals surface area (Å²) in [5.41, 5.74) is 5.13. The van der Waals surface area contributed by atoms with Crippen LogP contribution in [0.15, 0.2) is 41.3 Å². The zero-order valence-corrected chi connectivity index (χ0v) is 15.4. The first-order valence-electron chi connectivity index (χ1n) is 8.54. The Kier molecular flexibility index (Phi) is 4.95. The van der Waals surface area contributed by atoms with Crippen molar-refractivity contribution in [2.24, 2.45) is 0 Å². The third-order valence-electron chi connectivity index (χ3n) is 4.69. The molecule has 0 atom stereocenters. The molecular formula is C20H23NO3S. The molecule has 25 heavy (non-hydrogen) atoms. The molecule has 4 nitrogen and oxygen atoms in total. The molecule has 2 aromatic carbocycles. The van der Waals surface area contributed by atoms with Gasteiger partial charge in [0.05, 0.1) is 11.3 Å². The van der Waals surface area contributed by atoms with Gasteiger partial charge in [-0.2, -0.15) is 0 Å². The van der Waals surface area contributed by atoms with Crippen LogP contribution in [0, 0.1) is 6.92 Å². The van der Waals surface area contributed by atoms with Crippen molar-refractivity contribution in [3.8, 4) is 0 Å². The van der Waals surface area contributed by atoms with E-state index < -0.39 is 9.84 Å². The van der Waals surface area contributed by atoms with E-state index in [1.807, 2.05) is 13.0 Å². The summed E-state index contributed by atoms with van der Waals surface area (Å²) in [7, 11) is -3.30. The molecule has 1 aliphatic carbocycles. The molecule has 0 unspecified atom stereocenters. The van der Waals surface area contributed by atoms with Crippen LogP contribution in [0.3, 0.4) is 0 Å². The van der Waals surface area contributed by atoms with Gasteiger partial charge in [0.15, 0.2) is 9.84 Å². The van der Waals surface area contributed by atoms with E-state index in [2.05, 4.69) is 17.4 Å². The average molecular weight is 357 g/mol. The first-order chi connectivity index (χ1) is 11.8. The molecule has 0 radical (unpaired) electrons. The molecule has 5 heteroatoms. The monoisotopic (exact) mass is 357 g/mol. The highest BCUT2D eigenvalue weighted by Crippen LogP contribution is 2.23. The van der Waals surface area contributed by atoms with Crippen molar-refractivity contribution in [2.45, 2.75) is 43.9 Å². The molecule has 1 aliphatic rings. The van der Waals surface area contributed by atoms with Gasteiger partial charge in [0.25, 0.3) is 0 Å². The average Bonchev–Trinajstić information content (AvgIpc) is 2.55. The van der Waals surface area contributed by atoms with Gasteiger partial charge in [-0.15, -0.1) is 0 Å². The van der Waals surface area contributed by atoms with Gasteiger partial charge in [0.1, 0.15) is 0 Å². The normalized spacial score (nSPS) is 14.0. The number of rotatable bonds is 4. The number of benzene rings is 2. The molecule has 0 fully saturated rings. The Labute approximate surface area is 149 Å². The number of sulfone groups is 1.